The quantitative estimate of drug-likeness (QED) is 0.535. The van der Waals surface area contributed by atoms with E-state index in [1.165, 1.54) is 6.07 Å². The second-order valence-electron chi connectivity index (χ2n) is 4.24. The van der Waals surface area contributed by atoms with Crippen LogP contribution in [0, 0.1) is 17.0 Å². The number of nitro benzene ring substituents is 1. The molecule has 0 bridgehead atoms. The van der Waals surface area contributed by atoms with Crippen molar-refractivity contribution in [3.63, 3.8) is 0 Å². The molecule has 6 heteroatoms. The molecule has 2 rings (SSSR count). The molecule has 104 valence electrons. The molecule has 2 aromatic rings. The molecule has 0 amide bonds. The van der Waals surface area contributed by atoms with Crippen molar-refractivity contribution in [1.82, 2.24) is 0 Å². The van der Waals surface area contributed by atoms with Gasteiger partial charge in [-0.3, -0.25) is 10.1 Å². The lowest BCUT2D eigenvalue weighted by atomic mass is 10.2. The monoisotopic (exact) mass is 399 g/mol. The fourth-order valence-electron chi connectivity index (χ4n) is 1.77. The summed E-state index contributed by atoms with van der Waals surface area (Å²) in [5.74, 6) is 0.307. The molecule has 0 aliphatic heterocycles. The van der Waals surface area contributed by atoms with E-state index in [1.807, 2.05) is 24.3 Å². The minimum atomic E-state index is -0.436. The van der Waals surface area contributed by atoms with E-state index in [9.17, 15) is 10.1 Å². The number of ether oxygens (including phenoxy) is 1. The van der Waals surface area contributed by atoms with Crippen molar-refractivity contribution in [3.8, 4) is 5.75 Å². The smallest absolute Gasteiger partial charge is 0.312 e. The Morgan fingerprint density at radius 3 is 2.40 bits per heavy atom. The molecule has 20 heavy (non-hydrogen) atoms. The van der Waals surface area contributed by atoms with Gasteiger partial charge in [0.1, 0.15) is 6.61 Å². The van der Waals surface area contributed by atoms with Gasteiger partial charge in [0.05, 0.1) is 4.92 Å². The normalized spacial score (nSPS) is 10.3. The number of hydrogen-bond acceptors (Lipinski definition) is 3. The van der Waals surface area contributed by atoms with Gasteiger partial charge in [0.25, 0.3) is 0 Å². The first-order chi connectivity index (χ1) is 9.47. The van der Waals surface area contributed by atoms with Gasteiger partial charge in [-0.1, -0.05) is 44.0 Å². The van der Waals surface area contributed by atoms with Crippen LogP contribution in [-0.2, 0) is 6.61 Å². The second kappa shape index (κ2) is 6.37. The average Bonchev–Trinajstić information content (AvgIpc) is 2.38. The minimum absolute atomic E-state index is 0.0333. The van der Waals surface area contributed by atoms with E-state index >= 15 is 0 Å². The fourth-order valence-corrected chi connectivity index (χ4v) is 2.60. The van der Waals surface area contributed by atoms with E-state index in [2.05, 4.69) is 31.9 Å². The first-order valence-electron chi connectivity index (χ1n) is 5.79. The van der Waals surface area contributed by atoms with Crippen LogP contribution < -0.4 is 4.74 Å². The highest BCUT2D eigenvalue weighted by Crippen LogP contribution is 2.34. The summed E-state index contributed by atoms with van der Waals surface area (Å²) in [6.45, 7) is 2.07. The van der Waals surface area contributed by atoms with Crippen LogP contribution in [0.1, 0.15) is 11.1 Å². The van der Waals surface area contributed by atoms with E-state index in [1.54, 1.807) is 13.0 Å². The van der Waals surface area contributed by atoms with Crippen LogP contribution in [0.4, 0.5) is 5.69 Å². The number of benzene rings is 2. The lowest BCUT2D eigenvalue weighted by molar-refractivity contribution is -0.386. The molecule has 0 fully saturated rings. The van der Waals surface area contributed by atoms with Crippen molar-refractivity contribution >= 4 is 37.5 Å². The van der Waals surface area contributed by atoms with Crippen LogP contribution in [0.3, 0.4) is 0 Å². The highest BCUT2D eigenvalue weighted by atomic mass is 79.9. The Labute approximate surface area is 133 Å². The van der Waals surface area contributed by atoms with Crippen molar-refractivity contribution in [1.29, 1.82) is 0 Å². The Morgan fingerprint density at radius 2 is 1.80 bits per heavy atom. The summed E-state index contributed by atoms with van der Waals surface area (Å²) in [7, 11) is 0. The van der Waals surface area contributed by atoms with E-state index < -0.39 is 4.92 Å². The maximum Gasteiger partial charge on any atom is 0.312 e. The molecule has 0 aromatic heterocycles. The minimum Gasteiger partial charge on any atom is -0.482 e. The second-order valence-corrected chi connectivity index (χ2v) is 6.07. The molecule has 0 atom stereocenters. The molecule has 0 spiro atoms. The number of hydrogen-bond donors (Lipinski definition) is 0. The van der Waals surface area contributed by atoms with Gasteiger partial charge >= 0.3 is 5.69 Å². The Kier molecular flexibility index (Phi) is 4.77. The van der Waals surface area contributed by atoms with Gasteiger partial charge in [0.2, 0.25) is 0 Å². The Morgan fingerprint density at radius 1 is 1.15 bits per heavy atom. The van der Waals surface area contributed by atoms with Crippen LogP contribution in [0.5, 0.6) is 5.75 Å². The number of nitrogens with zero attached hydrogens (tertiary/aromatic N) is 1. The van der Waals surface area contributed by atoms with Crippen molar-refractivity contribution < 1.29 is 9.66 Å². The maximum atomic E-state index is 11.1. The summed E-state index contributed by atoms with van der Waals surface area (Å²) in [5, 5.41) is 11.1. The molecule has 0 N–H and O–H groups in total. The third-order valence-electron chi connectivity index (χ3n) is 2.71. The summed E-state index contributed by atoms with van der Waals surface area (Å²) in [6.07, 6.45) is 0. The molecule has 4 nitrogen and oxygen atoms in total. The highest BCUT2D eigenvalue weighted by molar-refractivity contribution is 9.10. The predicted octanol–water partition coefficient (Wildman–Crippen LogP) is 5.01. The molecular weight excluding hydrogens is 390 g/mol. The number of rotatable bonds is 4. The third kappa shape index (κ3) is 3.58. The van der Waals surface area contributed by atoms with Crippen LogP contribution >= 0.6 is 31.9 Å². The molecule has 0 saturated heterocycles. The van der Waals surface area contributed by atoms with Gasteiger partial charge in [0.15, 0.2) is 5.75 Å². The van der Waals surface area contributed by atoms with E-state index in [0.29, 0.717) is 10.2 Å². The van der Waals surface area contributed by atoms with Gasteiger partial charge < -0.3 is 4.74 Å². The van der Waals surface area contributed by atoms with Crippen LogP contribution in [0.25, 0.3) is 0 Å². The highest BCUT2D eigenvalue weighted by Gasteiger charge is 2.18. The number of nitro groups is 1. The Balaban J connectivity index is 2.24. The topological polar surface area (TPSA) is 52.4 Å². The molecule has 0 radical (unpaired) electrons. The fraction of sp³-hybridized carbons (Fsp3) is 0.143. The SMILES string of the molecule is Cc1cc(Br)cc([N+](=O)[O-])c1OCc1ccc(Br)cc1. The van der Waals surface area contributed by atoms with Crippen LogP contribution in [0.2, 0.25) is 0 Å². The molecule has 0 heterocycles. The van der Waals surface area contributed by atoms with E-state index in [4.69, 9.17) is 4.74 Å². The van der Waals surface area contributed by atoms with Gasteiger partial charge in [-0.2, -0.15) is 0 Å². The Bertz CT molecular complexity index is 642. The molecule has 2 aromatic carbocycles. The lowest BCUT2D eigenvalue weighted by Crippen LogP contribution is -2.01. The van der Waals surface area contributed by atoms with Crippen molar-refractivity contribution in [3.05, 3.63) is 66.6 Å². The summed E-state index contributed by atoms with van der Waals surface area (Å²) in [5.41, 5.74) is 1.64. The largest absolute Gasteiger partial charge is 0.482 e. The van der Waals surface area contributed by atoms with Gasteiger partial charge in [-0.05, 0) is 36.2 Å². The van der Waals surface area contributed by atoms with Crippen LogP contribution in [-0.4, -0.2) is 4.92 Å². The lowest BCUT2D eigenvalue weighted by Gasteiger charge is -2.10. The zero-order valence-corrected chi connectivity index (χ0v) is 13.8. The third-order valence-corrected chi connectivity index (χ3v) is 3.70. The first kappa shape index (κ1) is 15.0. The van der Waals surface area contributed by atoms with Gasteiger partial charge in [-0.15, -0.1) is 0 Å². The van der Waals surface area contributed by atoms with Gasteiger partial charge in [0, 0.05) is 15.0 Å². The molecule has 0 aliphatic rings. The standard InChI is InChI=1S/C14H11Br2NO3/c1-9-6-12(16)7-13(17(18)19)14(9)20-8-10-2-4-11(15)5-3-10/h2-7H,8H2,1H3. The van der Waals surface area contributed by atoms with E-state index in [0.717, 1.165) is 15.6 Å². The zero-order chi connectivity index (χ0) is 14.7. The van der Waals surface area contributed by atoms with E-state index in [-0.39, 0.29) is 12.3 Å². The summed E-state index contributed by atoms with van der Waals surface area (Å²) in [6, 6.07) is 10.9. The molecule has 0 unspecified atom stereocenters. The van der Waals surface area contributed by atoms with Crippen molar-refractivity contribution in [2.24, 2.45) is 0 Å². The molecule has 0 aliphatic carbocycles. The van der Waals surface area contributed by atoms with Crippen molar-refractivity contribution in [2.75, 3.05) is 0 Å². The average molecular weight is 401 g/mol. The number of halogens is 2. The Hall–Kier alpha value is -1.40. The number of aryl methyl sites for hydroxylation is 1. The first-order valence-corrected chi connectivity index (χ1v) is 7.38. The molecular formula is C14H11Br2NO3. The summed E-state index contributed by atoms with van der Waals surface area (Å²) < 4.78 is 7.28. The van der Waals surface area contributed by atoms with Crippen molar-refractivity contribution in [2.45, 2.75) is 13.5 Å². The summed E-state index contributed by atoms with van der Waals surface area (Å²) >= 11 is 6.61. The zero-order valence-electron chi connectivity index (χ0n) is 10.6. The van der Waals surface area contributed by atoms with Gasteiger partial charge in [-0.25, -0.2) is 0 Å². The maximum absolute atomic E-state index is 11.1. The van der Waals surface area contributed by atoms with Crippen LogP contribution in [0.15, 0.2) is 45.3 Å². The summed E-state index contributed by atoms with van der Waals surface area (Å²) in [4.78, 5) is 10.6. The molecule has 0 saturated carbocycles. The predicted molar refractivity (Wildman–Crippen MR) is 84.0 cm³/mol.